The van der Waals surface area contributed by atoms with Gasteiger partial charge in [0, 0.05) is 0 Å². The molecule has 0 aliphatic heterocycles. The Morgan fingerprint density at radius 2 is 1.15 bits per heavy atom. The van der Waals surface area contributed by atoms with Gasteiger partial charge in [-0.2, -0.15) is 0 Å². The third-order valence-electron chi connectivity index (χ3n) is 4.85. The maximum absolute atomic E-state index is 13.7. The van der Waals surface area contributed by atoms with Crippen LogP contribution in [-0.4, -0.2) is 0 Å². The summed E-state index contributed by atoms with van der Waals surface area (Å²) in [6.45, 7) is 2.15. The quantitative estimate of drug-likeness (QED) is 0.321. The largest absolute Gasteiger partial charge is 0.205 e. The first-order chi connectivity index (χ1) is 13.0. The molecule has 0 nitrogen and oxygen atoms in total. The molecule has 0 amide bonds. The molecule has 0 aromatic heterocycles. The molecular weight excluding hydrogens is 362 g/mol. The molecule has 0 aliphatic carbocycles. The smallest absolute Gasteiger partial charge is 0.145 e. The van der Waals surface area contributed by atoms with Crippen LogP contribution in [0.25, 0.3) is 33.0 Å². The van der Waals surface area contributed by atoms with Gasteiger partial charge in [-0.1, -0.05) is 73.1 Å². The van der Waals surface area contributed by atoms with Crippen molar-refractivity contribution in [3.8, 4) is 22.3 Å². The zero-order chi connectivity index (χ0) is 19.0. The number of fused-ring (bicyclic) bond motifs is 1. The van der Waals surface area contributed by atoms with Gasteiger partial charge in [0.1, 0.15) is 16.7 Å². The third kappa shape index (κ3) is 3.45. The first-order valence-electron chi connectivity index (χ1n) is 8.83. The van der Waals surface area contributed by atoms with Gasteiger partial charge in [0.15, 0.2) is 0 Å². The molecule has 3 heteroatoms. The van der Waals surface area contributed by atoms with Crippen molar-refractivity contribution in [3.63, 3.8) is 0 Å². The number of aryl methyl sites for hydroxylation is 1. The van der Waals surface area contributed by atoms with E-state index < -0.39 is 16.7 Å². The van der Waals surface area contributed by atoms with Gasteiger partial charge >= 0.3 is 0 Å². The summed E-state index contributed by atoms with van der Waals surface area (Å²) in [6.07, 6.45) is 1.02. The minimum atomic E-state index is -0.753. The van der Waals surface area contributed by atoms with Crippen LogP contribution in [0.15, 0.2) is 72.8 Å². The molecule has 4 aromatic rings. The molecule has 0 heterocycles. The van der Waals surface area contributed by atoms with Crippen LogP contribution in [0.3, 0.4) is 0 Å². The Morgan fingerprint density at radius 1 is 0.630 bits per heavy atom. The van der Waals surface area contributed by atoms with E-state index in [4.69, 9.17) is 11.6 Å². The number of hydrogen-bond donors (Lipinski definition) is 0. The SMILES string of the molecule is CCc1ccc2cc(-c3ccc(-c4cc(F)c(Cl)c(F)c4)cc3)ccc2c1. The highest BCUT2D eigenvalue weighted by atomic mass is 35.5. The van der Waals surface area contributed by atoms with Gasteiger partial charge in [-0.3, -0.25) is 0 Å². The van der Waals surface area contributed by atoms with Gasteiger partial charge in [0.05, 0.1) is 0 Å². The van der Waals surface area contributed by atoms with Crippen LogP contribution >= 0.6 is 11.6 Å². The Morgan fingerprint density at radius 3 is 1.78 bits per heavy atom. The zero-order valence-electron chi connectivity index (χ0n) is 14.8. The van der Waals surface area contributed by atoms with Gasteiger partial charge in [-0.25, -0.2) is 8.78 Å². The van der Waals surface area contributed by atoms with Crippen LogP contribution in [0.1, 0.15) is 12.5 Å². The van der Waals surface area contributed by atoms with Crippen molar-refractivity contribution in [2.45, 2.75) is 13.3 Å². The molecule has 4 aromatic carbocycles. The van der Waals surface area contributed by atoms with E-state index in [9.17, 15) is 8.78 Å². The average Bonchev–Trinajstić information content (AvgIpc) is 2.71. The Kier molecular flexibility index (Phi) is 4.67. The summed E-state index contributed by atoms with van der Waals surface area (Å²) in [5, 5.41) is 1.94. The Hall–Kier alpha value is -2.71. The van der Waals surface area contributed by atoms with Crippen molar-refractivity contribution in [2.24, 2.45) is 0 Å². The Labute approximate surface area is 162 Å². The molecular formula is C24H17ClF2. The highest BCUT2D eigenvalue weighted by Crippen LogP contribution is 2.30. The number of hydrogen-bond acceptors (Lipinski definition) is 0. The van der Waals surface area contributed by atoms with Crippen LogP contribution < -0.4 is 0 Å². The van der Waals surface area contributed by atoms with Crippen LogP contribution in [0.4, 0.5) is 8.78 Å². The minimum Gasteiger partial charge on any atom is -0.205 e. The fourth-order valence-electron chi connectivity index (χ4n) is 3.27. The van der Waals surface area contributed by atoms with Crippen molar-refractivity contribution < 1.29 is 8.78 Å². The van der Waals surface area contributed by atoms with Crippen molar-refractivity contribution >= 4 is 22.4 Å². The second-order valence-electron chi connectivity index (χ2n) is 6.58. The fourth-order valence-corrected chi connectivity index (χ4v) is 3.38. The van der Waals surface area contributed by atoms with Crippen molar-refractivity contribution in [3.05, 3.63) is 95.0 Å². The molecule has 0 aliphatic rings. The monoisotopic (exact) mass is 378 g/mol. The van der Waals surface area contributed by atoms with E-state index in [1.54, 1.807) is 0 Å². The third-order valence-corrected chi connectivity index (χ3v) is 5.21. The van der Waals surface area contributed by atoms with Crippen molar-refractivity contribution in [1.82, 2.24) is 0 Å². The standard InChI is InChI=1S/C24H17ClF2/c1-2-15-3-4-20-12-19(10-9-18(20)11-15)16-5-7-17(8-6-16)21-13-22(26)24(25)23(27)14-21/h3-14H,2H2,1H3. The van der Waals surface area contributed by atoms with Crippen LogP contribution in [-0.2, 0) is 6.42 Å². The number of rotatable bonds is 3. The lowest BCUT2D eigenvalue weighted by Crippen LogP contribution is -1.87. The molecule has 0 saturated carbocycles. The second kappa shape index (κ2) is 7.13. The summed E-state index contributed by atoms with van der Waals surface area (Å²) in [5.74, 6) is -1.51. The highest BCUT2D eigenvalue weighted by Gasteiger charge is 2.10. The molecule has 0 radical (unpaired) electrons. The summed E-state index contributed by atoms with van der Waals surface area (Å²) in [7, 11) is 0. The lowest BCUT2D eigenvalue weighted by atomic mass is 9.97. The first-order valence-corrected chi connectivity index (χ1v) is 9.21. The molecule has 27 heavy (non-hydrogen) atoms. The van der Waals surface area contributed by atoms with E-state index in [0.29, 0.717) is 5.56 Å². The molecule has 0 N–H and O–H groups in total. The molecule has 0 saturated heterocycles. The van der Waals surface area contributed by atoms with Gasteiger partial charge in [0.2, 0.25) is 0 Å². The molecule has 0 atom stereocenters. The first kappa shape index (κ1) is 17.7. The van der Waals surface area contributed by atoms with Crippen LogP contribution in [0, 0.1) is 11.6 Å². The molecule has 0 unspecified atom stereocenters. The zero-order valence-corrected chi connectivity index (χ0v) is 15.5. The van der Waals surface area contributed by atoms with Gasteiger partial charge in [0.25, 0.3) is 0 Å². The summed E-state index contributed by atoms with van der Waals surface area (Å²) < 4.78 is 27.4. The van der Waals surface area contributed by atoms with E-state index in [-0.39, 0.29) is 0 Å². The van der Waals surface area contributed by atoms with Crippen LogP contribution in [0.5, 0.6) is 0 Å². The van der Waals surface area contributed by atoms with Gasteiger partial charge in [-0.05, 0) is 63.2 Å². The Bertz CT molecular complexity index is 1110. The van der Waals surface area contributed by atoms with Crippen molar-refractivity contribution in [2.75, 3.05) is 0 Å². The Balaban J connectivity index is 1.69. The van der Waals surface area contributed by atoms with E-state index >= 15 is 0 Å². The lowest BCUT2D eigenvalue weighted by molar-refractivity contribution is 0.585. The molecule has 0 bridgehead atoms. The summed E-state index contributed by atoms with van der Waals surface area (Å²) in [5.41, 5.74) is 4.68. The predicted molar refractivity (Wildman–Crippen MR) is 109 cm³/mol. The van der Waals surface area contributed by atoms with E-state index in [1.165, 1.54) is 28.5 Å². The second-order valence-corrected chi connectivity index (χ2v) is 6.96. The summed E-state index contributed by atoms with van der Waals surface area (Å²) in [6, 6.07) is 23.0. The fraction of sp³-hybridized carbons (Fsp3) is 0.0833. The van der Waals surface area contributed by atoms with E-state index in [2.05, 4.69) is 43.3 Å². The number of halogens is 3. The maximum Gasteiger partial charge on any atom is 0.145 e. The molecule has 4 rings (SSSR count). The minimum absolute atomic E-state index is 0.464. The van der Waals surface area contributed by atoms with Gasteiger partial charge < -0.3 is 0 Å². The molecule has 134 valence electrons. The topological polar surface area (TPSA) is 0 Å². The maximum atomic E-state index is 13.7. The number of benzene rings is 4. The molecule has 0 spiro atoms. The lowest BCUT2D eigenvalue weighted by Gasteiger charge is -2.08. The predicted octanol–water partition coefficient (Wildman–Crippen LogP) is 7.67. The van der Waals surface area contributed by atoms with Gasteiger partial charge in [-0.15, -0.1) is 0 Å². The van der Waals surface area contributed by atoms with Crippen molar-refractivity contribution in [1.29, 1.82) is 0 Å². The summed E-state index contributed by atoms with van der Waals surface area (Å²) >= 11 is 5.56. The average molecular weight is 379 g/mol. The van der Waals surface area contributed by atoms with E-state index in [1.807, 2.05) is 24.3 Å². The summed E-state index contributed by atoms with van der Waals surface area (Å²) in [4.78, 5) is 0. The van der Waals surface area contributed by atoms with Crippen LogP contribution in [0.2, 0.25) is 5.02 Å². The molecule has 0 fully saturated rings. The highest BCUT2D eigenvalue weighted by molar-refractivity contribution is 6.31. The van der Waals surface area contributed by atoms with E-state index in [0.717, 1.165) is 23.1 Å². The normalized spacial score (nSPS) is 11.1.